The molecule has 0 saturated carbocycles. The molecule has 1 aromatic carbocycles. The summed E-state index contributed by atoms with van der Waals surface area (Å²) in [6.45, 7) is 1.82. The van der Waals surface area contributed by atoms with Crippen molar-refractivity contribution in [2.75, 3.05) is 6.61 Å². The van der Waals surface area contributed by atoms with Crippen molar-refractivity contribution in [3.63, 3.8) is 0 Å². The number of rotatable bonds is 4. The van der Waals surface area contributed by atoms with Crippen molar-refractivity contribution in [1.29, 1.82) is 0 Å². The van der Waals surface area contributed by atoms with E-state index in [2.05, 4.69) is 0 Å². The van der Waals surface area contributed by atoms with Crippen LogP contribution in [0, 0.1) is 0 Å². The predicted molar refractivity (Wildman–Crippen MR) is 52.7 cm³/mol. The van der Waals surface area contributed by atoms with Crippen LogP contribution in [0.5, 0.6) is 0 Å². The van der Waals surface area contributed by atoms with Gasteiger partial charge in [-0.1, -0.05) is 24.3 Å². The van der Waals surface area contributed by atoms with Gasteiger partial charge in [0.05, 0.1) is 0 Å². The van der Waals surface area contributed by atoms with Gasteiger partial charge in [0.15, 0.2) is 0 Å². The molecular weight excluding hydrogens is 180 g/mol. The Labute approximate surface area is 83.3 Å². The molecule has 0 unspecified atom stereocenters. The highest BCUT2D eigenvalue weighted by Crippen LogP contribution is 2.07. The molecule has 1 aromatic rings. The molecule has 0 atom stereocenters. The fourth-order valence-corrected chi connectivity index (χ4v) is 1.19. The zero-order valence-corrected chi connectivity index (χ0v) is 8.19. The normalized spacial score (nSPS) is 9.86. The van der Waals surface area contributed by atoms with E-state index in [0.717, 1.165) is 11.1 Å². The van der Waals surface area contributed by atoms with Crippen molar-refractivity contribution in [2.24, 2.45) is 0 Å². The summed E-state index contributed by atoms with van der Waals surface area (Å²) < 4.78 is 4.86. The van der Waals surface area contributed by atoms with Crippen LogP contribution in [0.1, 0.15) is 18.1 Å². The molecule has 0 fully saturated rings. The van der Waals surface area contributed by atoms with Crippen LogP contribution in [-0.4, -0.2) is 17.7 Å². The maximum absolute atomic E-state index is 10.6. The number of hydrogen-bond donors (Lipinski definition) is 1. The molecule has 1 rings (SSSR count). The number of hydrogen-bond acceptors (Lipinski definition) is 3. The zero-order valence-electron chi connectivity index (χ0n) is 8.19. The van der Waals surface area contributed by atoms with Crippen LogP contribution in [-0.2, 0) is 22.6 Å². The molecule has 0 bridgehead atoms. The molecule has 0 saturated heterocycles. The Morgan fingerprint density at radius 1 is 1.43 bits per heavy atom. The maximum atomic E-state index is 10.6. The smallest absolute Gasteiger partial charge is 0.302 e. The van der Waals surface area contributed by atoms with Crippen molar-refractivity contribution in [3.05, 3.63) is 35.4 Å². The van der Waals surface area contributed by atoms with Crippen molar-refractivity contribution in [2.45, 2.75) is 20.0 Å². The summed E-state index contributed by atoms with van der Waals surface area (Å²) in [5.41, 5.74) is 2.00. The highest BCUT2D eigenvalue weighted by Gasteiger charge is 1.98. The van der Waals surface area contributed by atoms with Crippen LogP contribution in [0.15, 0.2) is 24.3 Å². The first-order valence-corrected chi connectivity index (χ1v) is 4.54. The Morgan fingerprint density at radius 3 is 2.79 bits per heavy atom. The number of carbonyl (C=O) groups is 1. The molecular formula is C11H14O3. The van der Waals surface area contributed by atoms with E-state index in [1.54, 1.807) is 0 Å². The Morgan fingerprint density at radius 2 is 2.14 bits per heavy atom. The minimum absolute atomic E-state index is 0.136. The van der Waals surface area contributed by atoms with E-state index < -0.39 is 0 Å². The lowest BCUT2D eigenvalue weighted by Crippen LogP contribution is -1.99. The van der Waals surface area contributed by atoms with Crippen molar-refractivity contribution < 1.29 is 14.6 Å². The fraction of sp³-hybridized carbons (Fsp3) is 0.364. The summed E-state index contributed by atoms with van der Waals surface area (Å²) in [6, 6.07) is 7.65. The Bertz CT molecular complexity index is 307. The van der Waals surface area contributed by atoms with Gasteiger partial charge < -0.3 is 9.84 Å². The van der Waals surface area contributed by atoms with Gasteiger partial charge in [-0.25, -0.2) is 0 Å². The molecule has 0 spiro atoms. The average Bonchev–Trinajstić information content (AvgIpc) is 2.16. The first-order valence-electron chi connectivity index (χ1n) is 4.54. The second-order valence-electron chi connectivity index (χ2n) is 3.07. The standard InChI is InChI=1S/C11H14O3/c1-9(13)14-8-11-4-2-3-10(7-11)5-6-12/h2-4,7,12H,5-6,8H2,1H3. The molecule has 0 amide bonds. The van der Waals surface area contributed by atoms with E-state index in [4.69, 9.17) is 9.84 Å². The molecule has 3 nitrogen and oxygen atoms in total. The third-order valence-electron chi connectivity index (χ3n) is 1.83. The van der Waals surface area contributed by atoms with Gasteiger partial charge in [0.25, 0.3) is 0 Å². The van der Waals surface area contributed by atoms with Gasteiger partial charge in [-0.2, -0.15) is 0 Å². The zero-order chi connectivity index (χ0) is 10.4. The topological polar surface area (TPSA) is 46.5 Å². The van der Waals surface area contributed by atoms with Crippen molar-refractivity contribution in [1.82, 2.24) is 0 Å². The first kappa shape index (κ1) is 10.7. The molecule has 0 aliphatic carbocycles. The molecule has 0 aromatic heterocycles. The first-order chi connectivity index (χ1) is 6.72. The van der Waals surface area contributed by atoms with Crippen LogP contribution in [0.4, 0.5) is 0 Å². The van der Waals surface area contributed by atoms with Crippen LogP contribution in [0.3, 0.4) is 0 Å². The predicted octanol–water partition coefficient (Wildman–Crippen LogP) is 1.28. The lowest BCUT2D eigenvalue weighted by Gasteiger charge is -2.04. The van der Waals surface area contributed by atoms with Gasteiger partial charge in [0, 0.05) is 13.5 Å². The quantitative estimate of drug-likeness (QED) is 0.734. The summed E-state index contributed by atoms with van der Waals surface area (Å²) in [5, 5.41) is 8.74. The lowest BCUT2D eigenvalue weighted by molar-refractivity contribution is -0.142. The number of esters is 1. The molecule has 14 heavy (non-hydrogen) atoms. The SMILES string of the molecule is CC(=O)OCc1cccc(CCO)c1. The van der Waals surface area contributed by atoms with E-state index in [1.807, 2.05) is 24.3 Å². The van der Waals surface area contributed by atoms with Gasteiger partial charge >= 0.3 is 5.97 Å². The third kappa shape index (κ3) is 3.58. The molecule has 0 heterocycles. The van der Waals surface area contributed by atoms with Crippen LogP contribution < -0.4 is 0 Å². The Hall–Kier alpha value is -1.35. The van der Waals surface area contributed by atoms with Gasteiger partial charge in [-0.3, -0.25) is 4.79 Å². The summed E-state index contributed by atoms with van der Waals surface area (Å²) in [6.07, 6.45) is 0.633. The second kappa shape index (κ2) is 5.40. The van der Waals surface area contributed by atoms with Gasteiger partial charge in [-0.05, 0) is 17.5 Å². The molecule has 0 aliphatic heterocycles. The molecule has 76 valence electrons. The summed E-state index contributed by atoms with van der Waals surface area (Å²) >= 11 is 0. The van der Waals surface area contributed by atoms with Crippen LogP contribution in [0.2, 0.25) is 0 Å². The molecule has 1 N–H and O–H groups in total. The Balaban J connectivity index is 2.58. The van der Waals surface area contributed by atoms with E-state index in [-0.39, 0.29) is 12.6 Å². The number of aliphatic hydroxyl groups is 1. The third-order valence-corrected chi connectivity index (χ3v) is 1.83. The summed E-state index contributed by atoms with van der Waals surface area (Å²) in [4.78, 5) is 10.6. The van der Waals surface area contributed by atoms with Crippen LogP contribution in [0.25, 0.3) is 0 Å². The number of carbonyl (C=O) groups excluding carboxylic acids is 1. The number of ether oxygens (including phenoxy) is 1. The minimum Gasteiger partial charge on any atom is -0.461 e. The Kier molecular flexibility index (Phi) is 4.13. The van der Waals surface area contributed by atoms with Gasteiger partial charge in [-0.15, -0.1) is 0 Å². The number of aliphatic hydroxyl groups excluding tert-OH is 1. The van der Waals surface area contributed by atoms with Crippen molar-refractivity contribution >= 4 is 5.97 Å². The largest absolute Gasteiger partial charge is 0.461 e. The fourth-order valence-electron chi connectivity index (χ4n) is 1.19. The van der Waals surface area contributed by atoms with Crippen LogP contribution >= 0.6 is 0 Å². The molecule has 0 radical (unpaired) electrons. The number of benzene rings is 1. The van der Waals surface area contributed by atoms with Gasteiger partial charge in [0.2, 0.25) is 0 Å². The minimum atomic E-state index is -0.280. The monoisotopic (exact) mass is 194 g/mol. The average molecular weight is 194 g/mol. The van der Waals surface area contributed by atoms with Crippen molar-refractivity contribution in [3.8, 4) is 0 Å². The summed E-state index contributed by atoms with van der Waals surface area (Å²) in [5.74, 6) is -0.280. The highest BCUT2D eigenvalue weighted by molar-refractivity contribution is 5.65. The lowest BCUT2D eigenvalue weighted by atomic mass is 10.1. The van der Waals surface area contributed by atoms with E-state index in [9.17, 15) is 4.79 Å². The van der Waals surface area contributed by atoms with E-state index >= 15 is 0 Å². The van der Waals surface area contributed by atoms with Gasteiger partial charge in [0.1, 0.15) is 6.61 Å². The van der Waals surface area contributed by atoms with E-state index in [0.29, 0.717) is 13.0 Å². The molecule has 3 heteroatoms. The highest BCUT2D eigenvalue weighted by atomic mass is 16.5. The second-order valence-corrected chi connectivity index (χ2v) is 3.07. The maximum Gasteiger partial charge on any atom is 0.302 e. The summed E-state index contributed by atoms with van der Waals surface area (Å²) in [7, 11) is 0. The molecule has 0 aliphatic rings. The van der Waals surface area contributed by atoms with E-state index in [1.165, 1.54) is 6.92 Å².